The van der Waals surface area contributed by atoms with Gasteiger partial charge in [0.2, 0.25) is 5.91 Å². The summed E-state index contributed by atoms with van der Waals surface area (Å²) in [6.07, 6.45) is 3.35. The van der Waals surface area contributed by atoms with E-state index in [1.54, 1.807) is 13.0 Å². The van der Waals surface area contributed by atoms with E-state index in [9.17, 15) is 9.18 Å². The molecule has 1 amide bonds. The van der Waals surface area contributed by atoms with Crippen LogP contribution in [0.4, 0.5) is 10.1 Å². The fraction of sp³-hybridized carbons (Fsp3) is 0.533. The molecule has 20 heavy (non-hydrogen) atoms. The second kappa shape index (κ2) is 5.70. The molecule has 2 saturated carbocycles. The SMILES string of the molecule is Cc1cc(F)ccc1NC(=O)C1C2CCC(C2)C1N.Cl. The summed E-state index contributed by atoms with van der Waals surface area (Å²) in [6.45, 7) is 1.79. The highest BCUT2D eigenvalue weighted by molar-refractivity contribution is 5.94. The van der Waals surface area contributed by atoms with E-state index in [0.717, 1.165) is 24.8 Å². The maximum Gasteiger partial charge on any atom is 0.229 e. The number of carbonyl (C=O) groups is 1. The van der Waals surface area contributed by atoms with E-state index >= 15 is 0 Å². The molecule has 5 heteroatoms. The van der Waals surface area contributed by atoms with Crippen LogP contribution in [0.15, 0.2) is 18.2 Å². The zero-order valence-electron chi connectivity index (χ0n) is 11.4. The van der Waals surface area contributed by atoms with Crippen LogP contribution in [0.25, 0.3) is 0 Å². The molecule has 3 N–H and O–H groups in total. The summed E-state index contributed by atoms with van der Waals surface area (Å²) in [5, 5.41) is 2.91. The van der Waals surface area contributed by atoms with E-state index in [1.807, 2.05) is 0 Å². The number of aryl methyl sites for hydroxylation is 1. The van der Waals surface area contributed by atoms with Gasteiger partial charge in [-0.25, -0.2) is 4.39 Å². The fourth-order valence-corrected chi connectivity index (χ4v) is 3.71. The maximum absolute atomic E-state index is 13.0. The van der Waals surface area contributed by atoms with E-state index < -0.39 is 0 Å². The van der Waals surface area contributed by atoms with Crippen molar-refractivity contribution in [2.45, 2.75) is 32.2 Å². The quantitative estimate of drug-likeness (QED) is 0.882. The molecule has 0 radical (unpaired) electrons. The van der Waals surface area contributed by atoms with Crippen molar-refractivity contribution in [3.8, 4) is 0 Å². The molecule has 3 rings (SSSR count). The zero-order valence-corrected chi connectivity index (χ0v) is 12.3. The van der Waals surface area contributed by atoms with Gasteiger partial charge in [-0.05, 0) is 61.8 Å². The third-order valence-electron chi connectivity index (χ3n) is 4.73. The molecule has 4 unspecified atom stereocenters. The molecule has 0 saturated heterocycles. The third-order valence-corrected chi connectivity index (χ3v) is 4.73. The molecular weight excluding hydrogens is 279 g/mol. The number of fused-ring (bicyclic) bond motifs is 2. The average molecular weight is 299 g/mol. The standard InChI is InChI=1S/C15H19FN2O.ClH/c1-8-6-11(16)4-5-12(8)18-15(19)13-9-2-3-10(7-9)14(13)17;/h4-6,9-10,13-14H,2-3,7,17H2,1H3,(H,18,19);1H. The Labute approximate surface area is 124 Å². The van der Waals surface area contributed by atoms with Gasteiger partial charge in [0.05, 0.1) is 5.92 Å². The number of carbonyl (C=O) groups excluding carboxylic acids is 1. The second-order valence-electron chi connectivity index (χ2n) is 5.88. The van der Waals surface area contributed by atoms with Crippen molar-refractivity contribution < 1.29 is 9.18 Å². The van der Waals surface area contributed by atoms with Gasteiger partial charge >= 0.3 is 0 Å². The highest BCUT2D eigenvalue weighted by Crippen LogP contribution is 2.47. The van der Waals surface area contributed by atoms with E-state index in [1.165, 1.54) is 12.1 Å². The highest BCUT2D eigenvalue weighted by atomic mass is 35.5. The Bertz CT molecular complexity index is 521. The van der Waals surface area contributed by atoms with Crippen LogP contribution in [0.3, 0.4) is 0 Å². The topological polar surface area (TPSA) is 55.1 Å². The van der Waals surface area contributed by atoms with Gasteiger partial charge in [0.1, 0.15) is 5.82 Å². The second-order valence-corrected chi connectivity index (χ2v) is 5.88. The molecule has 4 atom stereocenters. The van der Waals surface area contributed by atoms with Gasteiger partial charge in [-0.1, -0.05) is 0 Å². The van der Waals surface area contributed by atoms with Crippen molar-refractivity contribution in [1.29, 1.82) is 0 Å². The van der Waals surface area contributed by atoms with Crippen molar-refractivity contribution >= 4 is 24.0 Å². The molecule has 0 spiro atoms. The molecule has 0 aromatic heterocycles. The Morgan fingerprint density at radius 1 is 1.35 bits per heavy atom. The van der Waals surface area contributed by atoms with E-state index in [-0.39, 0.29) is 36.1 Å². The number of rotatable bonds is 2. The van der Waals surface area contributed by atoms with Gasteiger partial charge < -0.3 is 11.1 Å². The number of halogens is 2. The average Bonchev–Trinajstić information content (AvgIpc) is 2.93. The number of benzene rings is 1. The van der Waals surface area contributed by atoms with Crippen LogP contribution in [-0.2, 0) is 4.79 Å². The first kappa shape index (κ1) is 15.3. The van der Waals surface area contributed by atoms with Crippen LogP contribution in [0, 0.1) is 30.5 Å². The largest absolute Gasteiger partial charge is 0.327 e. The Kier molecular flexibility index (Phi) is 4.35. The summed E-state index contributed by atoms with van der Waals surface area (Å²) in [4.78, 5) is 12.4. The number of nitrogens with two attached hydrogens (primary N) is 1. The summed E-state index contributed by atoms with van der Waals surface area (Å²) < 4.78 is 13.0. The van der Waals surface area contributed by atoms with Crippen molar-refractivity contribution in [3.63, 3.8) is 0 Å². The molecule has 2 fully saturated rings. The van der Waals surface area contributed by atoms with Crippen molar-refractivity contribution in [2.24, 2.45) is 23.5 Å². The molecule has 1 aromatic carbocycles. The predicted molar refractivity (Wildman–Crippen MR) is 79.3 cm³/mol. The first-order valence-electron chi connectivity index (χ1n) is 6.89. The van der Waals surface area contributed by atoms with Crippen LogP contribution in [0.1, 0.15) is 24.8 Å². The lowest BCUT2D eigenvalue weighted by Crippen LogP contribution is -2.42. The summed E-state index contributed by atoms with van der Waals surface area (Å²) in [6, 6.07) is 4.39. The smallest absolute Gasteiger partial charge is 0.229 e. The van der Waals surface area contributed by atoms with E-state index in [4.69, 9.17) is 5.73 Å². The van der Waals surface area contributed by atoms with Gasteiger partial charge in [0.15, 0.2) is 0 Å². The predicted octanol–water partition coefficient (Wildman–Crippen LogP) is 2.87. The third kappa shape index (κ3) is 2.54. The van der Waals surface area contributed by atoms with Gasteiger partial charge in [0.25, 0.3) is 0 Å². The highest BCUT2D eigenvalue weighted by Gasteiger charge is 2.49. The minimum atomic E-state index is -0.285. The van der Waals surface area contributed by atoms with E-state index in [2.05, 4.69) is 5.32 Å². The first-order valence-corrected chi connectivity index (χ1v) is 6.89. The molecule has 2 aliphatic carbocycles. The Balaban J connectivity index is 0.00000147. The number of nitrogens with one attached hydrogen (secondary N) is 1. The fourth-order valence-electron chi connectivity index (χ4n) is 3.71. The van der Waals surface area contributed by atoms with Gasteiger partial charge in [-0.15, -0.1) is 12.4 Å². The maximum atomic E-state index is 13.0. The normalized spacial score (nSPS) is 30.9. The van der Waals surface area contributed by atoms with Crippen LogP contribution in [-0.4, -0.2) is 11.9 Å². The minimum absolute atomic E-state index is 0. The van der Waals surface area contributed by atoms with Crippen LogP contribution in [0.2, 0.25) is 0 Å². The molecule has 2 bridgehead atoms. The summed E-state index contributed by atoms with van der Waals surface area (Å²) in [7, 11) is 0. The van der Waals surface area contributed by atoms with Crippen LogP contribution >= 0.6 is 12.4 Å². The number of amides is 1. The monoisotopic (exact) mass is 298 g/mol. The van der Waals surface area contributed by atoms with Crippen LogP contribution < -0.4 is 11.1 Å². The Morgan fingerprint density at radius 2 is 2.05 bits per heavy atom. The van der Waals surface area contributed by atoms with Gasteiger partial charge in [0, 0.05) is 11.7 Å². The molecule has 3 nitrogen and oxygen atoms in total. The molecular formula is C15H20ClFN2O. The number of hydrogen-bond acceptors (Lipinski definition) is 2. The molecule has 2 aliphatic rings. The van der Waals surface area contributed by atoms with Crippen molar-refractivity contribution in [1.82, 2.24) is 0 Å². The Hall–Kier alpha value is -1.13. The summed E-state index contributed by atoms with van der Waals surface area (Å²) >= 11 is 0. The van der Waals surface area contributed by atoms with E-state index in [0.29, 0.717) is 17.5 Å². The van der Waals surface area contributed by atoms with Gasteiger partial charge in [-0.3, -0.25) is 4.79 Å². The van der Waals surface area contributed by atoms with Crippen molar-refractivity contribution in [3.05, 3.63) is 29.6 Å². The first-order chi connectivity index (χ1) is 9.06. The lowest BCUT2D eigenvalue weighted by atomic mass is 9.84. The minimum Gasteiger partial charge on any atom is -0.327 e. The summed E-state index contributed by atoms with van der Waals surface area (Å²) in [5.74, 6) is 0.570. The summed E-state index contributed by atoms with van der Waals surface area (Å²) in [5.41, 5.74) is 7.58. The Morgan fingerprint density at radius 3 is 2.65 bits per heavy atom. The molecule has 1 aromatic rings. The number of anilines is 1. The van der Waals surface area contributed by atoms with Gasteiger partial charge in [-0.2, -0.15) is 0 Å². The lowest BCUT2D eigenvalue weighted by molar-refractivity contribution is -0.121. The van der Waals surface area contributed by atoms with Crippen molar-refractivity contribution in [2.75, 3.05) is 5.32 Å². The zero-order chi connectivity index (χ0) is 13.6. The molecule has 0 aliphatic heterocycles. The molecule has 110 valence electrons. The molecule has 0 heterocycles. The van der Waals surface area contributed by atoms with Crippen LogP contribution in [0.5, 0.6) is 0 Å². The number of hydrogen-bond donors (Lipinski definition) is 2. The lowest BCUT2D eigenvalue weighted by Gasteiger charge is -2.27.